The normalized spacial score (nSPS) is 25.8. The summed E-state index contributed by atoms with van der Waals surface area (Å²) in [4.78, 5) is 42.6. The molecule has 0 radical (unpaired) electrons. The van der Waals surface area contributed by atoms with E-state index in [4.69, 9.17) is 16.6 Å². The van der Waals surface area contributed by atoms with Crippen molar-refractivity contribution >= 4 is 34.6 Å². The number of non-ortho nitro benzene ring substituents is 1. The molecule has 0 aromatic heterocycles. The Kier molecular flexibility index (Phi) is 4.28. The van der Waals surface area contributed by atoms with E-state index in [2.05, 4.69) is 0 Å². The summed E-state index contributed by atoms with van der Waals surface area (Å²) >= 11 is 6.51. The first kappa shape index (κ1) is 19.8. The van der Waals surface area contributed by atoms with Gasteiger partial charge in [-0.15, -0.1) is 0 Å². The van der Waals surface area contributed by atoms with Gasteiger partial charge in [0.1, 0.15) is 5.78 Å². The van der Waals surface area contributed by atoms with Crippen molar-refractivity contribution in [3.8, 4) is 0 Å². The van der Waals surface area contributed by atoms with Crippen LogP contribution >= 0.6 is 11.6 Å². The molecule has 2 aromatic carbocycles. The van der Waals surface area contributed by atoms with Crippen LogP contribution in [0.5, 0.6) is 0 Å². The Hall–Kier alpha value is -3.12. The van der Waals surface area contributed by atoms with Gasteiger partial charge in [0.2, 0.25) is 0 Å². The number of nitro benzene ring substituents is 1. The Morgan fingerprint density at radius 3 is 2.52 bits per heavy atom. The lowest BCUT2D eigenvalue weighted by Crippen LogP contribution is -2.42. The number of hydrogen-bond donors (Lipinski definition) is 0. The lowest BCUT2D eigenvalue weighted by Gasteiger charge is -2.40. The van der Waals surface area contributed by atoms with E-state index in [0.717, 1.165) is 5.56 Å². The molecule has 156 valence electrons. The zero-order valence-corrected chi connectivity index (χ0v) is 17.7. The lowest BCUT2D eigenvalue weighted by molar-refractivity contribution is -0.384. The number of nitro groups is 1. The SMILES string of the molecule is CC1(C)C=C2N=C3c4ccccc4C(=O)C3[C@H](c3cc([N+](=O)[O-])ccc3Cl)[C@H]2C(=O)C1. The first-order chi connectivity index (χ1) is 14.7. The van der Waals surface area contributed by atoms with E-state index in [0.29, 0.717) is 34.0 Å². The smallest absolute Gasteiger partial charge is 0.269 e. The van der Waals surface area contributed by atoms with Gasteiger partial charge in [0.05, 0.1) is 22.5 Å². The number of hydrogen-bond acceptors (Lipinski definition) is 5. The van der Waals surface area contributed by atoms with Crippen molar-refractivity contribution in [2.24, 2.45) is 22.2 Å². The fourth-order valence-corrected chi connectivity index (χ4v) is 5.43. The molecule has 2 aromatic rings. The molecule has 3 atom stereocenters. The minimum absolute atomic E-state index is 0.0263. The molecule has 31 heavy (non-hydrogen) atoms. The quantitative estimate of drug-likeness (QED) is 0.483. The van der Waals surface area contributed by atoms with Crippen molar-refractivity contribution in [2.45, 2.75) is 26.2 Å². The summed E-state index contributed by atoms with van der Waals surface area (Å²) in [6.45, 7) is 3.95. The topological polar surface area (TPSA) is 89.6 Å². The number of nitrogens with zero attached hydrogens (tertiary/aromatic N) is 2. The summed E-state index contributed by atoms with van der Waals surface area (Å²) < 4.78 is 0. The van der Waals surface area contributed by atoms with Gasteiger partial charge in [0, 0.05) is 46.3 Å². The first-order valence-electron chi connectivity index (χ1n) is 10.1. The van der Waals surface area contributed by atoms with Crippen LogP contribution in [-0.2, 0) is 4.79 Å². The summed E-state index contributed by atoms with van der Waals surface area (Å²) in [6, 6.07) is 11.5. The number of rotatable bonds is 2. The van der Waals surface area contributed by atoms with E-state index in [-0.39, 0.29) is 22.7 Å². The van der Waals surface area contributed by atoms with Gasteiger partial charge in [-0.3, -0.25) is 24.7 Å². The first-order valence-corrected chi connectivity index (χ1v) is 10.5. The Labute approximate surface area is 183 Å². The summed E-state index contributed by atoms with van der Waals surface area (Å²) in [7, 11) is 0. The number of benzene rings is 2. The minimum atomic E-state index is -0.704. The van der Waals surface area contributed by atoms with E-state index < -0.39 is 22.7 Å². The number of fused-ring (bicyclic) bond motifs is 4. The average Bonchev–Trinajstić information content (AvgIpc) is 2.98. The number of Topliss-reactive ketones (excluding diaryl/α,β-unsaturated/α-hetero) is 2. The van der Waals surface area contributed by atoms with Crippen LogP contribution in [-0.4, -0.2) is 22.2 Å². The van der Waals surface area contributed by atoms with Crippen molar-refractivity contribution in [3.05, 3.63) is 86.1 Å². The minimum Gasteiger partial charge on any atom is -0.299 e. The number of halogens is 1. The van der Waals surface area contributed by atoms with Gasteiger partial charge in [0.15, 0.2) is 5.78 Å². The molecule has 0 spiro atoms. The molecule has 7 heteroatoms. The van der Waals surface area contributed by atoms with E-state index in [9.17, 15) is 19.7 Å². The molecule has 0 saturated heterocycles. The molecule has 3 aliphatic rings. The molecular formula is C24H19ClN2O4. The van der Waals surface area contributed by atoms with Crippen LogP contribution in [0.4, 0.5) is 5.69 Å². The maximum Gasteiger partial charge on any atom is 0.269 e. The molecule has 1 aliphatic heterocycles. The third-order valence-electron chi connectivity index (χ3n) is 6.40. The third kappa shape index (κ3) is 2.97. The second kappa shape index (κ2) is 6.69. The Balaban J connectivity index is 1.80. The number of aliphatic imine (C=N–C) groups is 1. The van der Waals surface area contributed by atoms with Crippen LogP contribution in [0.2, 0.25) is 5.02 Å². The van der Waals surface area contributed by atoms with Gasteiger partial charge in [-0.25, -0.2) is 0 Å². The van der Waals surface area contributed by atoms with Gasteiger partial charge in [-0.1, -0.05) is 55.8 Å². The zero-order chi connectivity index (χ0) is 22.1. The molecule has 0 saturated carbocycles. The fourth-order valence-electron chi connectivity index (χ4n) is 5.19. The number of ketones is 2. The second-order valence-electron chi connectivity index (χ2n) is 9.05. The van der Waals surface area contributed by atoms with Gasteiger partial charge >= 0.3 is 0 Å². The highest BCUT2D eigenvalue weighted by molar-refractivity contribution is 6.32. The highest BCUT2D eigenvalue weighted by Gasteiger charge is 2.53. The maximum atomic E-state index is 13.5. The standard InChI is InChI=1S/C24H19ClN2O4/c1-24(2)10-17-20(18(28)11-24)19(15-9-12(27(30)31)7-8-16(15)25)21-22(26-17)13-5-3-4-6-14(13)23(21)29/h3-10,19-21H,11H2,1-2H3/t19-,20-,21?/m1/s1. The van der Waals surface area contributed by atoms with Crippen LogP contribution in [0.25, 0.3) is 0 Å². The van der Waals surface area contributed by atoms with Crippen LogP contribution in [0.1, 0.15) is 47.7 Å². The molecule has 0 bridgehead atoms. The van der Waals surface area contributed by atoms with Gasteiger partial charge in [-0.05, 0) is 17.0 Å². The highest BCUT2D eigenvalue weighted by atomic mass is 35.5. The zero-order valence-electron chi connectivity index (χ0n) is 17.0. The average molecular weight is 435 g/mol. The van der Waals surface area contributed by atoms with Crippen molar-refractivity contribution in [3.63, 3.8) is 0 Å². The summed E-state index contributed by atoms with van der Waals surface area (Å²) in [5, 5.41) is 11.7. The number of carbonyl (C=O) groups is 2. The van der Waals surface area contributed by atoms with E-state index in [1.165, 1.54) is 18.2 Å². The van der Waals surface area contributed by atoms with Crippen LogP contribution < -0.4 is 0 Å². The fraction of sp³-hybridized carbons (Fsp3) is 0.292. The highest BCUT2D eigenvalue weighted by Crippen LogP contribution is 2.53. The largest absolute Gasteiger partial charge is 0.299 e. The van der Waals surface area contributed by atoms with Gasteiger partial charge in [0.25, 0.3) is 5.69 Å². The third-order valence-corrected chi connectivity index (χ3v) is 6.74. The Morgan fingerprint density at radius 1 is 1.10 bits per heavy atom. The van der Waals surface area contributed by atoms with Gasteiger partial charge in [-0.2, -0.15) is 0 Å². The van der Waals surface area contributed by atoms with Crippen molar-refractivity contribution in [1.29, 1.82) is 0 Å². The van der Waals surface area contributed by atoms with Gasteiger partial charge < -0.3 is 0 Å². The van der Waals surface area contributed by atoms with Crippen molar-refractivity contribution in [1.82, 2.24) is 0 Å². The predicted molar refractivity (Wildman–Crippen MR) is 117 cm³/mol. The van der Waals surface area contributed by atoms with Crippen LogP contribution in [0.3, 0.4) is 0 Å². The molecule has 0 amide bonds. The molecule has 5 rings (SSSR count). The molecule has 6 nitrogen and oxygen atoms in total. The lowest BCUT2D eigenvalue weighted by atomic mass is 9.64. The van der Waals surface area contributed by atoms with Crippen molar-refractivity contribution in [2.75, 3.05) is 0 Å². The summed E-state index contributed by atoms with van der Waals surface area (Å²) in [5.74, 6) is -2.17. The molecule has 0 N–H and O–H groups in total. The second-order valence-corrected chi connectivity index (χ2v) is 9.46. The predicted octanol–water partition coefficient (Wildman–Crippen LogP) is 5.15. The Morgan fingerprint density at radius 2 is 1.81 bits per heavy atom. The molecule has 2 aliphatic carbocycles. The van der Waals surface area contributed by atoms with Crippen molar-refractivity contribution < 1.29 is 14.5 Å². The number of allylic oxidation sites excluding steroid dienone is 2. The van der Waals surface area contributed by atoms with E-state index >= 15 is 0 Å². The van der Waals surface area contributed by atoms with Crippen LogP contribution in [0.15, 0.2) is 59.2 Å². The van der Waals surface area contributed by atoms with E-state index in [1.807, 2.05) is 32.1 Å². The molecule has 0 fully saturated rings. The monoisotopic (exact) mass is 434 g/mol. The summed E-state index contributed by atoms with van der Waals surface area (Å²) in [6.07, 6.45) is 2.30. The van der Waals surface area contributed by atoms with E-state index in [1.54, 1.807) is 12.1 Å². The maximum absolute atomic E-state index is 13.5. The Bertz CT molecular complexity index is 1240. The summed E-state index contributed by atoms with van der Waals surface area (Å²) in [5.41, 5.74) is 2.49. The molecular weight excluding hydrogens is 416 g/mol. The molecule has 1 unspecified atom stereocenters. The van der Waals surface area contributed by atoms with Crippen LogP contribution in [0, 0.1) is 27.4 Å². The molecule has 1 heterocycles. The number of carbonyl (C=O) groups excluding carboxylic acids is 2.